The highest BCUT2D eigenvalue weighted by Crippen LogP contribution is 2.23. The van der Waals surface area contributed by atoms with Crippen molar-refractivity contribution >= 4 is 40.6 Å². The summed E-state index contributed by atoms with van der Waals surface area (Å²) in [5, 5.41) is 13.6. The number of hydrogen-bond donors (Lipinski definition) is 2. The third kappa shape index (κ3) is 7.86. The van der Waals surface area contributed by atoms with Gasteiger partial charge in [-0.05, 0) is 61.0 Å². The van der Waals surface area contributed by atoms with Crippen LogP contribution in [0.1, 0.15) is 28.4 Å². The molecule has 4 aromatic carbocycles. The number of rotatable bonds is 13. The van der Waals surface area contributed by atoms with Gasteiger partial charge in [0, 0.05) is 39.5 Å². The number of carbonyl (C=O) groups is 3. The molecule has 0 aliphatic heterocycles. The summed E-state index contributed by atoms with van der Waals surface area (Å²) in [7, 11) is 0. The maximum absolute atomic E-state index is 13.1. The zero-order chi connectivity index (χ0) is 30.1. The van der Waals surface area contributed by atoms with E-state index in [0.29, 0.717) is 45.4 Å². The first-order chi connectivity index (χ1) is 20.2. The third-order valence-corrected chi connectivity index (χ3v) is 6.78. The molecule has 2 N–H and O–H groups in total. The highest BCUT2D eigenvalue weighted by molar-refractivity contribution is 6.30. The summed E-state index contributed by atoms with van der Waals surface area (Å²) < 4.78 is 5.88. The topological polar surface area (TPSA) is 95.9 Å². The molecule has 8 heteroatoms. The molecule has 7 nitrogen and oxygen atoms in total. The predicted octanol–water partition coefficient (Wildman–Crippen LogP) is 6.67. The van der Waals surface area contributed by atoms with Gasteiger partial charge in [0.2, 0.25) is 0 Å². The number of hydrogen-bond acceptors (Lipinski definition) is 5. The quantitative estimate of drug-likeness (QED) is 0.135. The van der Waals surface area contributed by atoms with Gasteiger partial charge in [-0.3, -0.25) is 9.59 Å². The average molecular weight is 583 g/mol. The summed E-state index contributed by atoms with van der Waals surface area (Å²) in [6.07, 6.45) is 0.181. The van der Waals surface area contributed by atoms with Crippen molar-refractivity contribution in [2.75, 3.05) is 23.4 Å². The molecular formula is C34H31ClN2O5. The van der Waals surface area contributed by atoms with Crippen molar-refractivity contribution in [2.45, 2.75) is 19.4 Å². The van der Waals surface area contributed by atoms with Gasteiger partial charge in [0.15, 0.2) is 5.78 Å². The van der Waals surface area contributed by atoms with E-state index in [2.05, 4.69) is 11.9 Å². The number of carboxylic acid groups (broad SMARTS) is 1. The first kappa shape index (κ1) is 30.1. The van der Waals surface area contributed by atoms with Crippen LogP contribution in [0.3, 0.4) is 0 Å². The molecule has 1 amide bonds. The van der Waals surface area contributed by atoms with E-state index in [-0.39, 0.29) is 24.7 Å². The van der Waals surface area contributed by atoms with Crippen LogP contribution >= 0.6 is 11.6 Å². The van der Waals surface area contributed by atoms with Gasteiger partial charge < -0.3 is 20.1 Å². The van der Waals surface area contributed by atoms with Crippen molar-refractivity contribution in [3.63, 3.8) is 0 Å². The zero-order valence-electron chi connectivity index (χ0n) is 23.1. The zero-order valence-corrected chi connectivity index (χ0v) is 23.9. The van der Waals surface area contributed by atoms with Crippen molar-refractivity contribution in [1.29, 1.82) is 0 Å². The van der Waals surface area contributed by atoms with Gasteiger partial charge in [-0.15, -0.1) is 0 Å². The number of amides is 1. The fourth-order valence-corrected chi connectivity index (χ4v) is 4.48. The minimum absolute atomic E-state index is 0.181. The number of benzene rings is 4. The fourth-order valence-electron chi connectivity index (χ4n) is 4.35. The Balaban J connectivity index is 1.39. The van der Waals surface area contributed by atoms with Gasteiger partial charge in [-0.25, -0.2) is 4.79 Å². The number of para-hydroxylation sites is 1. The Morgan fingerprint density at radius 2 is 1.55 bits per heavy atom. The van der Waals surface area contributed by atoms with E-state index in [1.165, 1.54) is 0 Å². The molecule has 0 saturated heterocycles. The van der Waals surface area contributed by atoms with Crippen LogP contribution in [0.2, 0.25) is 5.02 Å². The minimum atomic E-state index is -1.04. The molecule has 0 aromatic heterocycles. The van der Waals surface area contributed by atoms with Crippen LogP contribution in [0, 0.1) is 0 Å². The number of nitrogens with one attached hydrogen (secondary N) is 1. The van der Waals surface area contributed by atoms with Crippen molar-refractivity contribution in [1.82, 2.24) is 0 Å². The van der Waals surface area contributed by atoms with E-state index in [1.54, 1.807) is 109 Å². The normalized spacial score (nSPS) is 11.3. The lowest BCUT2D eigenvalue weighted by Crippen LogP contribution is -2.35. The molecule has 4 rings (SSSR count). The van der Waals surface area contributed by atoms with Crippen LogP contribution < -0.4 is 15.0 Å². The van der Waals surface area contributed by atoms with Crippen molar-refractivity contribution in [3.8, 4) is 5.75 Å². The number of ketones is 1. The standard InChI is InChI=1S/C34H31ClN2O5/c1-23(2)33(39)37(27-16-14-26(35)15-17-27)20-21-42-28-18-12-24(13-19-28)22-31(34(40)41)36-30-11-7-6-10-29(30)32(38)25-8-4-3-5-9-25/h3-19,31,36H,1,20-22H2,2H3,(H,40,41)/t31-/m0/s1. The van der Waals surface area contributed by atoms with Crippen LogP contribution in [-0.2, 0) is 16.0 Å². The molecule has 214 valence electrons. The lowest BCUT2D eigenvalue weighted by molar-refractivity contribution is -0.137. The number of halogens is 1. The Kier molecular flexibility index (Phi) is 10.1. The first-order valence-electron chi connectivity index (χ1n) is 13.4. The number of ether oxygens (including phenoxy) is 1. The van der Waals surface area contributed by atoms with Crippen LogP contribution in [0.5, 0.6) is 5.75 Å². The van der Waals surface area contributed by atoms with E-state index in [4.69, 9.17) is 16.3 Å². The van der Waals surface area contributed by atoms with E-state index in [0.717, 1.165) is 5.56 Å². The molecule has 0 radical (unpaired) electrons. The van der Waals surface area contributed by atoms with Gasteiger partial charge >= 0.3 is 5.97 Å². The van der Waals surface area contributed by atoms with Gasteiger partial charge in [0.1, 0.15) is 18.4 Å². The summed E-state index contributed by atoms with van der Waals surface area (Å²) in [6, 6.07) is 28.8. The highest BCUT2D eigenvalue weighted by Gasteiger charge is 2.22. The first-order valence-corrected chi connectivity index (χ1v) is 13.7. The van der Waals surface area contributed by atoms with E-state index < -0.39 is 12.0 Å². The van der Waals surface area contributed by atoms with Crippen LogP contribution in [-0.4, -0.2) is 42.0 Å². The predicted molar refractivity (Wildman–Crippen MR) is 166 cm³/mol. The van der Waals surface area contributed by atoms with E-state index >= 15 is 0 Å². The second kappa shape index (κ2) is 14.1. The maximum atomic E-state index is 13.1. The molecule has 1 atom stereocenters. The van der Waals surface area contributed by atoms with Gasteiger partial charge in [0.05, 0.1) is 6.54 Å². The Labute approximate surface area is 250 Å². The molecule has 42 heavy (non-hydrogen) atoms. The molecule has 0 heterocycles. The minimum Gasteiger partial charge on any atom is -0.492 e. The van der Waals surface area contributed by atoms with E-state index in [9.17, 15) is 19.5 Å². The second-order valence-electron chi connectivity index (χ2n) is 9.69. The van der Waals surface area contributed by atoms with Crippen LogP contribution in [0.4, 0.5) is 11.4 Å². The van der Waals surface area contributed by atoms with Crippen molar-refractivity contribution < 1.29 is 24.2 Å². The average Bonchev–Trinajstić information content (AvgIpc) is 3.00. The highest BCUT2D eigenvalue weighted by atomic mass is 35.5. The number of aliphatic carboxylic acids is 1. The summed E-state index contributed by atoms with van der Waals surface area (Å²) in [5.74, 6) is -0.863. The number of carboxylic acids is 1. The second-order valence-corrected chi connectivity index (χ2v) is 10.1. The van der Waals surface area contributed by atoms with Crippen LogP contribution in [0.15, 0.2) is 115 Å². The Morgan fingerprint density at radius 3 is 2.19 bits per heavy atom. The van der Waals surface area contributed by atoms with Gasteiger partial charge in [0.25, 0.3) is 5.91 Å². The molecular weight excluding hydrogens is 552 g/mol. The molecule has 0 bridgehead atoms. The van der Waals surface area contributed by atoms with E-state index in [1.807, 2.05) is 6.07 Å². The van der Waals surface area contributed by atoms with Gasteiger partial charge in [-0.1, -0.05) is 72.8 Å². The number of anilines is 2. The van der Waals surface area contributed by atoms with Crippen molar-refractivity contribution in [2.24, 2.45) is 0 Å². The van der Waals surface area contributed by atoms with Crippen LogP contribution in [0.25, 0.3) is 0 Å². The van der Waals surface area contributed by atoms with Crippen molar-refractivity contribution in [3.05, 3.63) is 137 Å². The largest absolute Gasteiger partial charge is 0.492 e. The monoisotopic (exact) mass is 582 g/mol. The number of carbonyl (C=O) groups excluding carboxylic acids is 2. The lowest BCUT2D eigenvalue weighted by atomic mass is 10.00. The molecule has 0 spiro atoms. The molecule has 0 aliphatic rings. The molecule has 0 saturated carbocycles. The summed E-state index contributed by atoms with van der Waals surface area (Å²) in [6.45, 7) is 5.94. The summed E-state index contributed by atoms with van der Waals surface area (Å²) in [4.78, 5) is 39.5. The lowest BCUT2D eigenvalue weighted by Gasteiger charge is -2.23. The molecule has 0 aliphatic carbocycles. The Hall–Kier alpha value is -4.88. The molecule has 4 aromatic rings. The number of nitrogens with zero attached hydrogens (tertiary/aromatic N) is 1. The SMILES string of the molecule is C=C(C)C(=O)N(CCOc1ccc(C[C@H](Nc2ccccc2C(=O)c2ccccc2)C(=O)O)cc1)c1ccc(Cl)cc1. The Morgan fingerprint density at radius 1 is 0.905 bits per heavy atom. The summed E-state index contributed by atoms with van der Waals surface area (Å²) >= 11 is 5.99. The summed E-state index contributed by atoms with van der Waals surface area (Å²) in [5.41, 5.74) is 3.24. The fraction of sp³-hybridized carbons (Fsp3) is 0.147. The molecule has 0 fully saturated rings. The smallest absolute Gasteiger partial charge is 0.326 e. The van der Waals surface area contributed by atoms with Gasteiger partial charge in [-0.2, -0.15) is 0 Å². The third-order valence-electron chi connectivity index (χ3n) is 6.53. The molecule has 0 unspecified atom stereocenters. The maximum Gasteiger partial charge on any atom is 0.326 e. The Bertz CT molecular complexity index is 1550.